The third-order valence-electron chi connectivity index (χ3n) is 5.09. The lowest BCUT2D eigenvalue weighted by Crippen LogP contribution is -2.41. The Labute approximate surface area is 169 Å². The molecule has 3 rings (SSSR count). The van der Waals surface area contributed by atoms with E-state index in [9.17, 15) is 9.59 Å². The van der Waals surface area contributed by atoms with Crippen LogP contribution in [0.4, 0.5) is 0 Å². The molecule has 0 spiro atoms. The zero-order chi connectivity index (χ0) is 19.9. The fraction of sp³-hybridized carbons (Fsp3) is 0.429. The third kappa shape index (κ3) is 5.33. The van der Waals surface area contributed by atoms with E-state index in [1.165, 1.54) is 17.7 Å². The second-order valence-corrected chi connectivity index (χ2v) is 8.19. The van der Waals surface area contributed by atoms with Crippen LogP contribution >= 0.6 is 11.3 Å². The average molecular weight is 402 g/mol. The molecule has 3 N–H and O–H groups in total. The minimum Gasteiger partial charge on any atom is -0.483 e. The van der Waals surface area contributed by atoms with E-state index in [0.29, 0.717) is 17.9 Å². The van der Waals surface area contributed by atoms with Crippen molar-refractivity contribution < 1.29 is 14.3 Å². The number of nitrogens with zero attached hydrogens (tertiary/aromatic N) is 1. The Kier molecular flexibility index (Phi) is 7.06. The maximum absolute atomic E-state index is 12.8. The molecule has 150 valence electrons. The smallest absolute Gasteiger partial charge is 0.255 e. The first-order valence-electron chi connectivity index (χ1n) is 9.60. The van der Waals surface area contributed by atoms with Crippen LogP contribution in [0.1, 0.15) is 41.0 Å². The summed E-state index contributed by atoms with van der Waals surface area (Å²) in [7, 11) is 0. The van der Waals surface area contributed by atoms with Crippen molar-refractivity contribution in [2.75, 3.05) is 26.2 Å². The summed E-state index contributed by atoms with van der Waals surface area (Å²) in [6, 6.07) is 11.2. The van der Waals surface area contributed by atoms with Gasteiger partial charge in [0.05, 0.1) is 11.6 Å². The molecule has 0 unspecified atom stereocenters. The van der Waals surface area contributed by atoms with Gasteiger partial charge in [-0.05, 0) is 55.4 Å². The fourth-order valence-corrected chi connectivity index (χ4v) is 4.31. The van der Waals surface area contributed by atoms with Gasteiger partial charge in [0, 0.05) is 11.4 Å². The number of nitrogens with two attached hydrogens (primary N) is 1. The predicted molar refractivity (Wildman–Crippen MR) is 110 cm³/mol. The van der Waals surface area contributed by atoms with Gasteiger partial charge in [-0.3, -0.25) is 14.5 Å². The molecular formula is C21H27N3O3S. The normalized spacial score (nSPS) is 16.5. The van der Waals surface area contributed by atoms with Crippen LogP contribution in [0.2, 0.25) is 0 Å². The summed E-state index contributed by atoms with van der Waals surface area (Å²) in [6.45, 7) is 4.64. The van der Waals surface area contributed by atoms with Crippen LogP contribution in [0.5, 0.6) is 5.75 Å². The minimum atomic E-state index is -0.577. The summed E-state index contributed by atoms with van der Waals surface area (Å²) in [5.74, 6) is 0.321. The Hall–Kier alpha value is -2.38. The second kappa shape index (κ2) is 9.71. The Morgan fingerprint density at radius 2 is 2.00 bits per heavy atom. The molecule has 6 nitrogen and oxygen atoms in total. The molecule has 0 saturated carbocycles. The SMILES string of the molecule is CC1CCN([C@@H](CNC(=O)c2ccccc2OCC(N)=O)c2cccs2)CC1. The number of carbonyl (C=O) groups excluding carboxylic acids is 2. The van der Waals surface area contributed by atoms with Crippen molar-refractivity contribution in [2.45, 2.75) is 25.8 Å². The van der Waals surface area contributed by atoms with Crippen molar-refractivity contribution >= 4 is 23.2 Å². The van der Waals surface area contributed by atoms with Gasteiger partial charge in [0.2, 0.25) is 0 Å². The number of thiophene rings is 1. The highest BCUT2D eigenvalue weighted by Gasteiger charge is 2.26. The molecule has 1 aliphatic rings. The molecule has 28 heavy (non-hydrogen) atoms. The van der Waals surface area contributed by atoms with Gasteiger partial charge >= 0.3 is 0 Å². The summed E-state index contributed by atoms with van der Waals surface area (Å²) in [5.41, 5.74) is 5.55. The van der Waals surface area contributed by atoms with E-state index in [-0.39, 0.29) is 18.6 Å². The standard InChI is InChI=1S/C21H27N3O3S/c1-15-8-10-24(11-9-15)17(19-7-4-12-28-19)13-23-21(26)16-5-2-3-6-18(16)27-14-20(22)25/h2-7,12,15,17H,8-11,13-14H2,1H3,(H2,22,25)(H,23,26)/t17-/m0/s1. The van der Waals surface area contributed by atoms with Crippen molar-refractivity contribution in [3.63, 3.8) is 0 Å². The summed E-state index contributed by atoms with van der Waals surface area (Å²) < 4.78 is 5.38. The second-order valence-electron chi connectivity index (χ2n) is 7.21. The topological polar surface area (TPSA) is 84.7 Å². The van der Waals surface area contributed by atoms with E-state index in [2.05, 4.69) is 28.6 Å². The highest BCUT2D eigenvalue weighted by molar-refractivity contribution is 7.10. The first kappa shape index (κ1) is 20.4. The highest BCUT2D eigenvalue weighted by atomic mass is 32.1. The van der Waals surface area contributed by atoms with Gasteiger partial charge in [0.15, 0.2) is 6.61 Å². The lowest BCUT2D eigenvalue weighted by atomic mass is 9.97. The van der Waals surface area contributed by atoms with Crippen LogP contribution in [0, 0.1) is 5.92 Å². The summed E-state index contributed by atoms with van der Waals surface area (Å²) in [4.78, 5) is 27.5. The number of piperidine rings is 1. The van der Waals surface area contributed by atoms with Crippen molar-refractivity contribution in [3.05, 3.63) is 52.2 Å². The van der Waals surface area contributed by atoms with Crippen LogP contribution in [0.15, 0.2) is 41.8 Å². The largest absolute Gasteiger partial charge is 0.483 e. The fourth-order valence-electron chi connectivity index (χ4n) is 3.44. The molecule has 7 heteroatoms. The van der Waals surface area contributed by atoms with Crippen LogP contribution in [-0.2, 0) is 4.79 Å². The van der Waals surface area contributed by atoms with Crippen molar-refractivity contribution in [1.82, 2.24) is 10.2 Å². The monoisotopic (exact) mass is 401 g/mol. The van der Waals surface area contributed by atoms with E-state index < -0.39 is 5.91 Å². The third-order valence-corrected chi connectivity index (χ3v) is 6.06. The number of likely N-dealkylation sites (tertiary alicyclic amines) is 1. The first-order valence-corrected chi connectivity index (χ1v) is 10.5. The summed E-state index contributed by atoms with van der Waals surface area (Å²) >= 11 is 1.72. The van der Waals surface area contributed by atoms with Gasteiger partial charge in [-0.1, -0.05) is 25.1 Å². The number of amides is 2. The van der Waals surface area contributed by atoms with E-state index in [1.807, 2.05) is 6.07 Å². The molecule has 1 aliphatic heterocycles. The summed E-state index contributed by atoms with van der Waals surface area (Å²) in [5, 5.41) is 5.13. The molecular weight excluding hydrogens is 374 g/mol. The van der Waals surface area contributed by atoms with Gasteiger partial charge in [-0.25, -0.2) is 0 Å². The number of hydrogen-bond donors (Lipinski definition) is 2. The Morgan fingerprint density at radius 3 is 2.68 bits per heavy atom. The Bertz CT molecular complexity index is 786. The van der Waals surface area contributed by atoms with Crippen molar-refractivity contribution in [2.24, 2.45) is 11.7 Å². The molecule has 2 heterocycles. The van der Waals surface area contributed by atoms with Crippen molar-refractivity contribution in [1.29, 1.82) is 0 Å². The molecule has 2 aromatic rings. The van der Waals surface area contributed by atoms with Crippen molar-refractivity contribution in [3.8, 4) is 5.75 Å². The predicted octanol–water partition coefficient (Wildman–Crippen LogP) is 2.82. The molecule has 0 aliphatic carbocycles. The molecule has 1 aromatic heterocycles. The van der Waals surface area contributed by atoms with E-state index in [1.54, 1.807) is 35.6 Å². The molecule has 1 atom stereocenters. The number of para-hydroxylation sites is 1. The van der Waals surface area contributed by atoms with Gasteiger partial charge in [-0.15, -0.1) is 11.3 Å². The minimum absolute atomic E-state index is 0.162. The zero-order valence-electron chi connectivity index (χ0n) is 16.1. The van der Waals surface area contributed by atoms with E-state index >= 15 is 0 Å². The lowest BCUT2D eigenvalue weighted by molar-refractivity contribution is -0.119. The number of ether oxygens (including phenoxy) is 1. The maximum atomic E-state index is 12.8. The molecule has 1 fully saturated rings. The molecule has 2 amide bonds. The quantitative estimate of drug-likeness (QED) is 0.712. The van der Waals surface area contributed by atoms with E-state index in [0.717, 1.165) is 19.0 Å². The Morgan fingerprint density at radius 1 is 1.25 bits per heavy atom. The number of carbonyl (C=O) groups is 2. The first-order chi connectivity index (χ1) is 13.5. The maximum Gasteiger partial charge on any atom is 0.255 e. The number of rotatable bonds is 8. The highest BCUT2D eigenvalue weighted by Crippen LogP contribution is 2.29. The molecule has 0 radical (unpaired) electrons. The van der Waals surface area contributed by atoms with Crippen LogP contribution in [-0.4, -0.2) is 43.0 Å². The average Bonchev–Trinajstić information content (AvgIpc) is 3.22. The summed E-state index contributed by atoms with van der Waals surface area (Å²) in [6.07, 6.45) is 2.36. The number of benzene rings is 1. The zero-order valence-corrected chi connectivity index (χ0v) is 16.9. The van der Waals surface area contributed by atoms with Gasteiger partial charge < -0.3 is 15.8 Å². The van der Waals surface area contributed by atoms with Crippen LogP contribution < -0.4 is 15.8 Å². The van der Waals surface area contributed by atoms with Gasteiger partial charge in [0.25, 0.3) is 11.8 Å². The number of nitrogens with one attached hydrogen (secondary N) is 1. The molecule has 1 aromatic carbocycles. The molecule has 0 bridgehead atoms. The molecule has 1 saturated heterocycles. The van der Waals surface area contributed by atoms with Gasteiger partial charge in [0.1, 0.15) is 5.75 Å². The number of primary amides is 1. The van der Waals surface area contributed by atoms with E-state index in [4.69, 9.17) is 10.5 Å². The van der Waals surface area contributed by atoms with Crippen LogP contribution in [0.25, 0.3) is 0 Å². The van der Waals surface area contributed by atoms with Gasteiger partial charge in [-0.2, -0.15) is 0 Å². The Balaban J connectivity index is 1.68. The number of hydrogen-bond acceptors (Lipinski definition) is 5. The van der Waals surface area contributed by atoms with Crippen LogP contribution in [0.3, 0.4) is 0 Å². The lowest BCUT2D eigenvalue weighted by Gasteiger charge is -2.36.